The van der Waals surface area contributed by atoms with Gasteiger partial charge in [0.1, 0.15) is 0 Å². The summed E-state index contributed by atoms with van der Waals surface area (Å²) in [5.74, 6) is 0.679. The molecule has 3 rings (SSSR count). The lowest BCUT2D eigenvalue weighted by molar-refractivity contribution is -0.258. The predicted molar refractivity (Wildman–Crippen MR) is 95.5 cm³/mol. The van der Waals surface area contributed by atoms with Gasteiger partial charge in [-0.2, -0.15) is 0 Å². The molecule has 0 bridgehead atoms. The van der Waals surface area contributed by atoms with Gasteiger partial charge in [0.25, 0.3) is 0 Å². The van der Waals surface area contributed by atoms with E-state index in [4.69, 9.17) is 9.47 Å². The Morgan fingerprint density at radius 1 is 0.826 bits per heavy atom. The van der Waals surface area contributed by atoms with Crippen LogP contribution in [0.25, 0.3) is 0 Å². The van der Waals surface area contributed by atoms with E-state index in [0.717, 1.165) is 0 Å². The van der Waals surface area contributed by atoms with E-state index in [9.17, 15) is 0 Å². The molecule has 134 valence electrons. The molecule has 3 aliphatic rings. The van der Waals surface area contributed by atoms with Crippen molar-refractivity contribution in [2.75, 3.05) is 0 Å². The molecule has 2 aliphatic heterocycles. The fourth-order valence-electron chi connectivity index (χ4n) is 5.31. The van der Waals surface area contributed by atoms with E-state index in [2.05, 4.69) is 13.8 Å². The molecule has 0 aromatic heterocycles. The summed E-state index contributed by atoms with van der Waals surface area (Å²) < 4.78 is 13.3. The van der Waals surface area contributed by atoms with Crippen molar-refractivity contribution in [1.82, 2.24) is 0 Å². The van der Waals surface area contributed by atoms with Crippen molar-refractivity contribution in [2.45, 2.75) is 128 Å². The molecule has 0 aromatic carbocycles. The zero-order valence-electron chi connectivity index (χ0n) is 15.6. The smallest absolute Gasteiger partial charge is 0.161 e. The Kier molecular flexibility index (Phi) is 6.07. The average molecular weight is 323 g/mol. The maximum Gasteiger partial charge on any atom is 0.161 e. The molecule has 1 aliphatic carbocycles. The number of unbranched alkanes of at least 4 members (excludes halogenated alkanes) is 4. The maximum atomic E-state index is 6.76. The molecule has 2 heteroatoms. The number of rotatable bonds is 8. The molecule has 0 unspecified atom stereocenters. The molecule has 2 atom stereocenters. The van der Waals surface area contributed by atoms with Crippen LogP contribution in [0.4, 0.5) is 0 Å². The SMILES string of the molecule is CCCCCC1(CCCCC)CC[C@H]2CC3(CCCC3)O[C@H]2O1. The normalized spacial score (nSPS) is 31.6. The highest BCUT2D eigenvalue weighted by Gasteiger charge is 2.53. The highest BCUT2D eigenvalue weighted by molar-refractivity contribution is 4.99. The molecule has 2 nitrogen and oxygen atoms in total. The van der Waals surface area contributed by atoms with Crippen LogP contribution in [0.2, 0.25) is 0 Å². The average Bonchev–Trinajstić information content (AvgIpc) is 3.14. The maximum absolute atomic E-state index is 6.76. The number of hydrogen-bond donors (Lipinski definition) is 0. The van der Waals surface area contributed by atoms with Gasteiger partial charge >= 0.3 is 0 Å². The lowest BCUT2D eigenvalue weighted by Crippen LogP contribution is -2.44. The zero-order valence-corrected chi connectivity index (χ0v) is 15.6. The second kappa shape index (κ2) is 7.87. The summed E-state index contributed by atoms with van der Waals surface area (Å²) >= 11 is 0. The Hall–Kier alpha value is -0.0800. The first kappa shape index (κ1) is 17.7. The highest BCUT2D eigenvalue weighted by Crippen LogP contribution is 2.52. The van der Waals surface area contributed by atoms with Crippen LogP contribution in [0.15, 0.2) is 0 Å². The quantitative estimate of drug-likeness (QED) is 0.483. The molecular formula is C21H38O2. The molecule has 1 spiro atoms. The fraction of sp³-hybridized carbons (Fsp3) is 1.00. The minimum atomic E-state index is 0.116. The van der Waals surface area contributed by atoms with Gasteiger partial charge in [-0.05, 0) is 44.9 Å². The van der Waals surface area contributed by atoms with Crippen LogP contribution in [-0.4, -0.2) is 17.5 Å². The van der Waals surface area contributed by atoms with Crippen LogP contribution in [-0.2, 0) is 9.47 Å². The number of hydrogen-bond acceptors (Lipinski definition) is 2. The van der Waals surface area contributed by atoms with Crippen molar-refractivity contribution >= 4 is 0 Å². The lowest BCUT2D eigenvalue weighted by Gasteiger charge is -2.43. The highest BCUT2D eigenvalue weighted by atomic mass is 16.7. The Labute approximate surface area is 143 Å². The standard InChI is InChI=1S/C21H38O2/c1-3-5-7-12-20(13-8-6-4-2)16-11-18-17-21(14-9-10-15-21)23-19(18)22-20/h18-19H,3-17H2,1-2H3/t18-,19+/m0/s1. The van der Waals surface area contributed by atoms with Gasteiger partial charge in [-0.25, -0.2) is 0 Å². The molecule has 0 amide bonds. The van der Waals surface area contributed by atoms with Crippen molar-refractivity contribution in [1.29, 1.82) is 0 Å². The number of fused-ring (bicyclic) bond motifs is 1. The second-order valence-electron chi connectivity index (χ2n) is 8.59. The van der Waals surface area contributed by atoms with E-state index < -0.39 is 0 Å². The first-order chi connectivity index (χ1) is 11.2. The summed E-state index contributed by atoms with van der Waals surface area (Å²) in [5.41, 5.74) is 0.341. The van der Waals surface area contributed by atoms with Crippen molar-refractivity contribution in [3.63, 3.8) is 0 Å². The van der Waals surface area contributed by atoms with Gasteiger partial charge in [-0.1, -0.05) is 65.2 Å². The first-order valence-corrected chi connectivity index (χ1v) is 10.6. The summed E-state index contributed by atoms with van der Waals surface area (Å²) in [4.78, 5) is 0. The van der Waals surface area contributed by atoms with Crippen molar-refractivity contribution in [3.8, 4) is 0 Å². The Bertz CT molecular complexity index is 349. The summed E-state index contributed by atoms with van der Waals surface area (Å²) in [5, 5.41) is 0. The van der Waals surface area contributed by atoms with Crippen LogP contribution in [0, 0.1) is 5.92 Å². The van der Waals surface area contributed by atoms with Crippen LogP contribution in [0.5, 0.6) is 0 Å². The van der Waals surface area contributed by atoms with E-state index in [0.29, 0.717) is 5.92 Å². The van der Waals surface area contributed by atoms with Crippen molar-refractivity contribution < 1.29 is 9.47 Å². The van der Waals surface area contributed by atoms with E-state index in [1.165, 1.54) is 96.3 Å². The topological polar surface area (TPSA) is 18.5 Å². The van der Waals surface area contributed by atoms with Gasteiger partial charge < -0.3 is 9.47 Å². The van der Waals surface area contributed by atoms with Crippen LogP contribution in [0.3, 0.4) is 0 Å². The summed E-state index contributed by atoms with van der Waals surface area (Å²) in [7, 11) is 0. The van der Waals surface area contributed by atoms with Gasteiger partial charge in [0.2, 0.25) is 0 Å². The summed E-state index contributed by atoms with van der Waals surface area (Å²) in [6.45, 7) is 4.59. The largest absolute Gasteiger partial charge is 0.346 e. The van der Waals surface area contributed by atoms with Gasteiger partial charge in [-0.15, -0.1) is 0 Å². The van der Waals surface area contributed by atoms with Gasteiger partial charge in [0, 0.05) is 5.92 Å². The molecule has 1 saturated carbocycles. The van der Waals surface area contributed by atoms with E-state index in [1.807, 2.05) is 0 Å². The molecule has 23 heavy (non-hydrogen) atoms. The van der Waals surface area contributed by atoms with Gasteiger partial charge in [0.05, 0.1) is 11.2 Å². The van der Waals surface area contributed by atoms with Crippen LogP contribution < -0.4 is 0 Å². The Morgan fingerprint density at radius 3 is 2.09 bits per heavy atom. The zero-order chi connectivity index (χ0) is 16.2. The third kappa shape index (κ3) is 4.12. The van der Waals surface area contributed by atoms with Crippen molar-refractivity contribution in [3.05, 3.63) is 0 Å². The fourth-order valence-corrected chi connectivity index (χ4v) is 5.31. The molecule has 0 N–H and O–H groups in total. The first-order valence-electron chi connectivity index (χ1n) is 10.6. The molecular weight excluding hydrogens is 284 g/mol. The Balaban J connectivity index is 1.61. The molecule has 0 radical (unpaired) electrons. The minimum absolute atomic E-state index is 0.116. The summed E-state index contributed by atoms with van der Waals surface area (Å²) in [6, 6.07) is 0. The molecule has 3 fully saturated rings. The van der Waals surface area contributed by atoms with Crippen LogP contribution >= 0.6 is 0 Å². The van der Waals surface area contributed by atoms with E-state index in [1.54, 1.807) is 0 Å². The third-order valence-corrected chi connectivity index (χ3v) is 6.71. The Morgan fingerprint density at radius 2 is 1.48 bits per heavy atom. The van der Waals surface area contributed by atoms with E-state index in [-0.39, 0.29) is 17.5 Å². The predicted octanol–water partition coefficient (Wildman–Crippen LogP) is 6.37. The van der Waals surface area contributed by atoms with Gasteiger partial charge in [0.15, 0.2) is 6.29 Å². The molecule has 2 saturated heterocycles. The monoisotopic (exact) mass is 322 g/mol. The second-order valence-corrected chi connectivity index (χ2v) is 8.59. The lowest BCUT2D eigenvalue weighted by atomic mass is 9.79. The minimum Gasteiger partial charge on any atom is -0.346 e. The molecule has 0 aromatic rings. The van der Waals surface area contributed by atoms with Gasteiger partial charge in [-0.3, -0.25) is 0 Å². The van der Waals surface area contributed by atoms with E-state index >= 15 is 0 Å². The summed E-state index contributed by atoms with van der Waals surface area (Å²) in [6.07, 6.45) is 19.7. The van der Waals surface area contributed by atoms with Crippen LogP contribution in [0.1, 0.15) is 110 Å². The number of ether oxygens (including phenoxy) is 2. The molecule has 2 heterocycles. The third-order valence-electron chi connectivity index (χ3n) is 6.71. The van der Waals surface area contributed by atoms with Crippen molar-refractivity contribution in [2.24, 2.45) is 5.92 Å².